The second-order valence-corrected chi connectivity index (χ2v) is 5.25. The molecule has 0 aromatic heterocycles. The number of nitrogens with one attached hydrogen (secondary N) is 2. The molecule has 2 N–H and O–H groups in total. The van der Waals surface area contributed by atoms with E-state index in [1.54, 1.807) is 24.3 Å². The van der Waals surface area contributed by atoms with Gasteiger partial charge < -0.3 is 15.4 Å². The first-order chi connectivity index (χ1) is 9.63. The van der Waals surface area contributed by atoms with Crippen LogP contribution in [0.5, 0.6) is 0 Å². The Labute approximate surface area is 127 Å². The number of para-hydroxylation sites is 1. The molecule has 1 aromatic carbocycles. The molecule has 0 spiro atoms. The minimum absolute atomic E-state index is 0.420. The molecule has 112 valence electrons. The summed E-state index contributed by atoms with van der Waals surface area (Å²) in [5.41, 5.74) is 0.583. The first-order valence-corrected chi connectivity index (χ1v) is 7.58. The fourth-order valence-electron chi connectivity index (χ4n) is 1.46. The predicted octanol–water partition coefficient (Wildman–Crippen LogP) is 3.71. The fraction of sp³-hybridized carbons (Fsp3) is 0.462. The summed E-state index contributed by atoms with van der Waals surface area (Å²) in [6.45, 7) is 3.98. The number of benzene rings is 1. The summed E-state index contributed by atoms with van der Waals surface area (Å²) in [5.74, 6) is -2.45. The minimum atomic E-state index is -2.45. The van der Waals surface area contributed by atoms with Crippen LogP contribution in [-0.2, 0) is 4.74 Å². The van der Waals surface area contributed by atoms with E-state index in [-0.39, 0.29) is 0 Å². The molecule has 7 heteroatoms. The quantitative estimate of drug-likeness (QED) is 0.433. The molecule has 0 aliphatic heterocycles. The molecular weight excluding hydrogens is 302 g/mol. The lowest BCUT2D eigenvalue weighted by Crippen LogP contribution is -2.30. The van der Waals surface area contributed by atoms with Gasteiger partial charge in [0.15, 0.2) is 5.11 Å². The minimum Gasteiger partial charge on any atom is -0.382 e. The zero-order valence-electron chi connectivity index (χ0n) is 11.2. The Morgan fingerprint density at radius 1 is 1.40 bits per heavy atom. The van der Waals surface area contributed by atoms with Crippen LogP contribution in [0.15, 0.2) is 29.2 Å². The lowest BCUT2D eigenvalue weighted by atomic mass is 10.3. The van der Waals surface area contributed by atoms with Crippen LogP contribution in [0.2, 0.25) is 0 Å². The third-order valence-corrected chi connectivity index (χ3v) is 3.34. The molecule has 0 bridgehead atoms. The summed E-state index contributed by atoms with van der Waals surface area (Å²) in [4.78, 5) is 0.473. The lowest BCUT2D eigenvalue weighted by molar-refractivity contribution is 0.146. The van der Waals surface area contributed by atoms with Gasteiger partial charge in [-0.1, -0.05) is 23.9 Å². The normalized spacial score (nSPS) is 10.6. The molecule has 0 radical (unpaired) electrons. The van der Waals surface area contributed by atoms with Crippen LogP contribution in [0, 0.1) is 0 Å². The number of ether oxygens (including phenoxy) is 1. The zero-order valence-corrected chi connectivity index (χ0v) is 12.8. The molecular formula is C13H18F2N2OS2. The Kier molecular flexibility index (Phi) is 8.48. The number of hydrogen-bond acceptors (Lipinski definition) is 3. The average molecular weight is 320 g/mol. The van der Waals surface area contributed by atoms with E-state index in [0.29, 0.717) is 47.2 Å². The van der Waals surface area contributed by atoms with E-state index in [1.807, 2.05) is 6.92 Å². The highest BCUT2D eigenvalue weighted by molar-refractivity contribution is 7.99. The van der Waals surface area contributed by atoms with Crippen LogP contribution in [0.4, 0.5) is 14.5 Å². The molecule has 0 amide bonds. The number of thioether (sulfide) groups is 1. The van der Waals surface area contributed by atoms with Crippen molar-refractivity contribution in [2.75, 3.05) is 25.1 Å². The first kappa shape index (κ1) is 17.1. The Hall–Kier alpha value is -0.920. The van der Waals surface area contributed by atoms with Crippen LogP contribution in [-0.4, -0.2) is 30.6 Å². The summed E-state index contributed by atoms with van der Waals surface area (Å²) < 4.78 is 30.1. The van der Waals surface area contributed by atoms with Crippen LogP contribution in [0.25, 0.3) is 0 Å². The van der Waals surface area contributed by atoms with Gasteiger partial charge in [-0.2, -0.15) is 8.78 Å². The van der Waals surface area contributed by atoms with Crippen molar-refractivity contribution in [1.82, 2.24) is 5.32 Å². The standard InChI is InChI=1S/C13H18F2N2OS2/c1-2-18-9-5-8-16-13(19)17-10-6-3-4-7-11(10)20-12(14)15/h3-4,6-7,12H,2,5,8-9H2,1H3,(H2,16,17,19). The lowest BCUT2D eigenvalue weighted by Gasteiger charge is -2.13. The Bertz CT molecular complexity index is 419. The molecule has 0 atom stereocenters. The van der Waals surface area contributed by atoms with Gasteiger partial charge in [0.1, 0.15) is 0 Å². The molecule has 0 fully saturated rings. The predicted molar refractivity (Wildman–Crippen MR) is 83.6 cm³/mol. The van der Waals surface area contributed by atoms with Gasteiger partial charge in [-0.3, -0.25) is 0 Å². The smallest absolute Gasteiger partial charge is 0.288 e. The molecule has 20 heavy (non-hydrogen) atoms. The van der Waals surface area contributed by atoms with E-state index in [0.717, 1.165) is 6.42 Å². The van der Waals surface area contributed by atoms with Gasteiger partial charge >= 0.3 is 0 Å². The highest BCUT2D eigenvalue weighted by atomic mass is 32.2. The van der Waals surface area contributed by atoms with Crippen LogP contribution in [0.1, 0.15) is 13.3 Å². The van der Waals surface area contributed by atoms with Crippen molar-refractivity contribution in [2.45, 2.75) is 24.0 Å². The SMILES string of the molecule is CCOCCCNC(=S)Nc1ccccc1SC(F)F. The number of halogens is 2. The van der Waals surface area contributed by atoms with Crippen molar-refractivity contribution in [3.63, 3.8) is 0 Å². The van der Waals surface area contributed by atoms with E-state index in [2.05, 4.69) is 10.6 Å². The van der Waals surface area contributed by atoms with Crippen molar-refractivity contribution in [2.24, 2.45) is 0 Å². The maximum absolute atomic E-state index is 12.4. The van der Waals surface area contributed by atoms with Crippen molar-refractivity contribution in [3.05, 3.63) is 24.3 Å². The van der Waals surface area contributed by atoms with Crippen molar-refractivity contribution < 1.29 is 13.5 Å². The van der Waals surface area contributed by atoms with Crippen molar-refractivity contribution in [3.8, 4) is 0 Å². The average Bonchev–Trinajstić information content (AvgIpc) is 2.40. The van der Waals surface area contributed by atoms with E-state index >= 15 is 0 Å². The van der Waals surface area contributed by atoms with Crippen molar-refractivity contribution in [1.29, 1.82) is 0 Å². The first-order valence-electron chi connectivity index (χ1n) is 6.30. The summed E-state index contributed by atoms with van der Waals surface area (Å²) in [6.07, 6.45) is 0.836. The number of hydrogen-bond donors (Lipinski definition) is 2. The van der Waals surface area contributed by atoms with Gasteiger partial charge in [-0.05, 0) is 37.7 Å². The van der Waals surface area contributed by atoms with Gasteiger partial charge in [0.25, 0.3) is 5.76 Å². The third-order valence-electron chi connectivity index (χ3n) is 2.31. The summed E-state index contributed by atoms with van der Waals surface area (Å²) >= 11 is 5.63. The largest absolute Gasteiger partial charge is 0.382 e. The molecule has 0 heterocycles. The number of rotatable bonds is 8. The molecule has 3 nitrogen and oxygen atoms in total. The second kappa shape index (κ2) is 9.90. The highest BCUT2D eigenvalue weighted by Crippen LogP contribution is 2.31. The Morgan fingerprint density at radius 3 is 2.85 bits per heavy atom. The maximum atomic E-state index is 12.4. The van der Waals surface area contributed by atoms with Gasteiger partial charge in [0, 0.05) is 24.7 Å². The van der Waals surface area contributed by atoms with Gasteiger partial charge in [0.2, 0.25) is 0 Å². The molecule has 1 rings (SSSR count). The summed E-state index contributed by atoms with van der Waals surface area (Å²) in [6, 6.07) is 6.85. The maximum Gasteiger partial charge on any atom is 0.288 e. The molecule has 0 aliphatic carbocycles. The fourth-order valence-corrected chi connectivity index (χ4v) is 2.26. The molecule has 1 aromatic rings. The number of alkyl halides is 2. The van der Waals surface area contributed by atoms with Crippen molar-refractivity contribution >= 4 is 34.8 Å². The Balaban J connectivity index is 2.41. The molecule has 0 unspecified atom stereocenters. The zero-order chi connectivity index (χ0) is 14.8. The molecule has 0 aliphatic rings. The number of thiocarbonyl (C=S) groups is 1. The molecule has 0 saturated carbocycles. The van der Waals surface area contributed by atoms with E-state index in [9.17, 15) is 8.78 Å². The second-order valence-electron chi connectivity index (χ2n) is 3.81. The van der Waals surface area contributed by atoms with Gasteiger partial charge in [-0.15, -0.1) is 0 Å². The third kappa shape index (κ3) is 7.02. The van der Waals surface area contributed by atoms with E-state index in [1.165, 1.54) is 0 Å². The number of anilines is 1. The monoisotopic (exact) mass is 320 g/mol. The van der Waals surface area contributed by atoms with Crippen LogP contribution in [0.3, 0.4) is 0 Å². The van der Waals surface area contributed by atoms with Crippen LogP contribution < -0.4 is 10.6 Å². The van der Waals surface area contributed by atoms with Gasteiger partial charge in [0.05, 0.1) is 5.69 Å². The summed E-state index contributed by atoms with van der Waals surface area (Å²) in [5, 5.41) is 6.37. The van der Waals surface area contributed by atoms with Crippen LogP contribution >= 0.6 is 24.0 Å². The van der Waals surface area contributed by atoms with Gasteiger partial charge in [-0.25, -0.2) is 0 Å². The molecule has 0 saturated heterocycles. The van der Waals surface area contributed by atoms with E-state index in [4.69, 9.17) is 17.0 Å². The highest BCUT2D eigenvalue weighted by Gasteiger charge is 2.10. The Morgan fingerprint density at radius 2 is 2.15 bits per heavy atom. The summed E-state index contributed by atoms with van der Waals surface area (Å²) in [7, 11) is 0. The topological polar surface area (TPSA) is 33.3 Å². The van der Waals surface area contributed by atoms with E-state index < -0.39 is 5.76 Å².